The van der Waals surface area contributed by atoms with E-state index in [-0.39, 0.29) is 0 Å². The lowest BCUT2D eigenvalue weighted by Gasteiger charge is -2.37. The minimum absolute atomic E-state index is 0.440. The molecule has 1 saturated carbocycles. The first-order valence-electron chi connectivity index (χ1n) is 8.21. The summed E-state index contributed by atoms with van der Waals surface area (Å²) in [6, 6.07) is 0.820. The number of likely N-dealkylation sites (N-methyl/N-ethyl adjacent to an activating group) is 1. The molecule has 19 heavy (non-hydrogen) atoms. The molecule has 0 aromatic carbocycles. The summed E-state index contributed by atoms with van der Waals surface area (Å²) >= 11 is 0. The number of nitrogens with zero attached hydrogens (tertiary/aromatic N) is 1. The highest BCUT2D eigenvalue weighted by Gasteiger charge is 2.31. The molecule has 0 bridgehead atoms. The molecule has 0 aromatic rings. The standard InChI is InChI=1S/C16H32N2O/c1-4-16(5-2,12-17-14-8-9-14)13-18(3)11-15-7-6-10-19-15/h14-15,17H,4-13H2,1-3H3. The fourth-order valence-corrected chi connectivity index (χ4v) is 3.20. The maximum absolute atomic E-state index is 5.76. The number of hydrogen-bond donors (Lipinski definition) is 1. The van der Waals surface area contributed by atoms with E-state index in [0.717, 1.165) is 19.2 Å². The quantitative estimate of drug-likeness (QED) is 0.696. The van der Waals surface area contributed by atoms with Crippen LogP contribution in [0.5, 0.6) is 0 Å². The van der Waals surface area contributed by atoms with Gasteiger partial charge in [-0.1, -0.05) is 13.8 Å². The number of ether oxygens (including phenoxy) is 1. The summed E-state index contributed by atoms with van der Waals surface area (Å²) in [5.74, 6) is 0. The van der Waals surface area contributed by atoms with E-state index in [1.165, 1.54) is 51.6 Å². The third kappa shape index (κ3) is 4.73. The molecule has 1 N–H and O–H groups in total. The third-order valence-electron chi connectivity index (χ3n) is 4.99. The van der Waals surface area contributed by atoms with Crippen LogP contribution in [0.4, 0.5) is 0 Å². The Bertz CT molecular complexity index is 255. The van der Waals surface area contributed by atoms with Crippen LogP contribution in [0.25, 0.3) is 0 Å². The molecular weight excluding hydrogens is 236 g/mol. The zero-order valence-corrected chi connectivity index (χ0v) is 13.1. The SMILES string of the molecule is CCC(CC)(CNC1CC1)CN(C)CC1CCCO1. The first kappa shape index (κ1) is 15.3. The minimum Gasteiger partial charge on any atom is -0.377 e. The number of hydrogen-bond acceptors (Lipinski definition) is 3. The van der Waals surface area contributed by atoms with Crippen molar-refractivity contribution in [3.05, 3.63) is 0 Å². The van der Waals surface area contributed by atoms with Crippen LogP contribution in [-0.4, -0.2) is 50.3 Å². The number of rotatable bonds is 9. The average molecular weight is 268 g/mol. The molecule has 2 fully saturated rings. The fraction of sp³-hybridized carbons (Fsp3) is 1.00. The van der Waals surface area contributed by atoms with Gasteiger partial charge in [-0.15, -0.1) is 0 Å². The summed E-state index contributed by atoms with van der Waals surface area (Å²) in [5, 5.41) is 3.74. The molecule has 3 heteroatoms. The fourth-order valence-electron chi connectivity index (χ4n) is 3.20. The van der Waals surface area contributed by atoms with Crippen molar-refractivity contribution in [2.45, 2.75) is 64.5 Å². The van der Waals surface area contributed by atoms with Crippen molar-refractivity contribution in [3.8, 4) is 0 Å². The summed E-state index contributed by atoms with van der Waals surface area (Å²) in [4.78, 5) is 2.50. The second-order valence-electron chi connectivity index (χ2n) is 6.69. The van der Waals surface area contributed by atoms with Gasteiger partial charge in [-0.25, -0.2) is 0 Å². The zero-order valence-electron chi connectivity index (χ0n) is 13.1. The summed E-state index contributed by atoms with van der Waals surface area (Å²) in [5.41, 5.74) is 0.440. The van der Waals surface area contributed by atoms with Gasteiger partial charge in [0.05, 0.1) is 6.10 Å². The Balaban J connectivity index is 1.78. The van der Waals surface area contributed by atoms with Crippen LogP contribution in [-0.2, 0) is 4.74 Å². The van der Waals surface area contributed by atoms with E-state index in [4.69, 9.17) is 4.74 Å². The largest absolute Gasteiger partial charge is 0.377 e. The van der Waals surface area contributed by atoms with Crippen LogP contribution in [0.15, 0.2) is 0 Å². The smallest absolute Gasteiger partial charge is 0.0702 e. The Morgan fingerprint density at radius 3 is 2.47 bits per heavy atom. The van der Waals surface area contributed by atoms with Crippen molar-refractivity contribution in [2.24, 2.45) is 5.41 Å². The van der Waals surface area contributed by atoms with Gasteiger partial charge in [-0.3, -0.25) is 0 Å². The molecule has 1 unspecified atom stereocenters. The maximum atomic E-state index is 5.76. The Kier molecular flexibility index (Phi) is 5.67. The molecule has 0 radical (unpaired) electrons. The molecule has 1 heterocycles. The molecule has 1 aliphatic heterocycles. The van der Waals surface area contributed by atoms with E-state index in [2.05, 4.69) is 31.1 Å². The normalized spacial score (nSPS) is 24.3. The van der Waals surface area contributed by atoms with Gasteiger partial charge in [-0.05, 0) is 51.0 Å². The molecule has 2 rings (SSSR count). The van der Waals surface area contributed by atoms with E-state index < -0.39 is 0 Å². The lowest BCUT2D eigenvalue weighted by molar-refractivity contribution is 0.0619. The number of nitrogens with one attached hydrogen (secondary N) is 1. The van der Waals surface area contributed by atoms with E-state index in [9.17, 15) is 0 Å². The van der Waals surface area contributed by atoms with Crippen LogP contribution in [0.1, 0.15) is 52.4 Å². The molecule has 1 atom stereocenters. The predicted molar refractivity (Wildman–Crippen MR) is 80.5 cm³/mol. The molecule has 112 valence electrons. The Hall–Kier alpha value is -0.120. The average Bonchev–Trinajstić information content (AvgIpc) is 3.11. The lowest BCUT2D eigenvalue weighted by atomic mass is 9.81. The van der Waals surface area contributed by atoms with Gasteiger partial charge in [0.2, 0.25) is 0 Å². The van der Waals surface area contributed by atoms with E-state index in [1.807, 2.05) is 0 Å². The topological polar surface area (TPSA) is 24.5 Å². The Labute approximate surface area is 119 Å². The summed E-state index contributed by atoms with van der Waals surface area (Å²) in [6.07, 6.45) is 8.26. The molecule has 0 aromatic heterocycles. The van der Waals surface area contributed by atoms with Gasteiger partial charge in [0.15, 0.2) is 0 Å². The summed E-state index contributed by atoms with van der Waals surface area (Å²) in [7, 11) is 2.26. The van der Waals surface area contributed by atoms with Crippen LogP contribution < -0.4 is 5.32 Å². The van der Waals surface area contributed by atoms with Crippen molar-refractivity contribution in [1.82, 2.24) is 10.2 Å². The molecule has 0 spiro atoms. The van der Waals surface area contributed by atoms with Crippen molar-refractivity contribution in [3.63, 3.8) is 0 Å². The first-order chi connectivity index (χ1) is 9.17. The summed E-state index contributed by atoms with van der Waals surface area (Å²) < 4.78 is 5.76. The predicted octanol–water partition coefficient (Wildman–Crippen LogP) is 2.66. The Morgan fingerprint density at radius 2 is 1.95 bits per heavy atom. The van der Waals surface area contributed by atoms with Gasteiger partial charge in [0.1, 0.15) is 0 Å². The van der Waals surface area contributed by atoms with Gasteiger partial charge in [0, 0.05) is 32.3 Å². The van der Waals surface area contributed by atoms with Crippen LogP contribution >= 0.6 is 0 Å². The van der Waals surface area contributed by atoms with Crippen molar-refractivity contribution >= 4 is 0 Å². The van der Waals surface area contributed by atoms with Crippen molar-refractivity contribution in [2.75, 3.05) is 33.3 Å². The first-order valence-corrected chi connectivity index (χ1v) is 8.21. The highest BCUT2D eigenvalue weighted by Crippen LogP contribution is 2.29. The molecule has 1 saturated heterocycles. The van der Waals surface area contributed by atoms with Crippen LogP contribution in [0.3, 0.4) is 0 Å². The molecule has 1 aliphatic carbocycles. The maximum Gasteiger partial charge on any atom is 0.0702 e. The van der Waals surface area contributed by atoms with E-state index in [0.29, 0.717) is 11.5 Å². The van der Waals surface area contributed by atoms with E-state index >= 15 is 0 Å². The van der Waals surface area contributed by atoms with Crippen LogP contribution in [0.2, 0.25) is 0 Å². The highest BCUT2D eigenvalue weighted by atomic mass is 16.5. The molecule has 0 amide bonds. The van der Waals surface area contributed by atoms with E-state index in [1.54, 1.807) is 0 Å². The lowest BCUT2D eigenvalue weighted by Crippen LogP contribution is -2.44. The molecule has 3 nitrogen and oxygen atoms in total. The monoisotopic (exact) mass is 268 g/mol. The second kappa shape index (κ2) is 7.05. The van der Waals surface area contributed by atoms with Crippen LogP contribution in [0, 0.1) is 5.41 Å². The zero-order chi connectivity index (χ0) is 13.7. The third-order valence-corrected chi connectivity index (χ3v) is 4.99. The highest BCUT2D eigenvalue weighted by molar-refractivity contribution is 4.88. The second-order valence-corrected chi connectivity index (χ2v) is 6.69. The van der Waals surface area contributed by atoms with Gasteiger partial charge >= 0.3 is 0 Å². The Morgan fingerprint density at radius 1 is 1.21 bits per heavy atom. The van der Waals surface area contributed by atoms with Crippen molar-refractivity contribution < 1.29 is 4.74 Å². The van der Waals surface area contributed by atoms with Gasteiger partial charge in [-0.2, -0.15) is 0 Å². The molecular formula is C16H32N2O. The van der Waals surface area contributed by atoms with Gasteiger partial charge in [0.25, 0.3) is 0 Å². The molecule has 2 aliphatic rings. The van der Waals surface area contributed by atoms with Crippen molar-refractivity contribution in [1.29, 1.82) is 0 Å². The minimum atomic E-state index is 0.440. The summed E-state index contributed by atoms with van der Waals surface area (Å²) in [6.45, 7) is 9.13. The van der Waals surface area contributed by atoms with Gasteiger partial charge < -0.3 is 15.0 Å².